The third-order valence-electron chi connectivity index (χ3n) is 2.26. The number of esters is 1. The normalized spacial score (nSPS) is 11.4. The van der Waals surface area contributed by atoms with Crippen molar-refractivity contribution in [1.29, 1.82) is 0 Å². The zero-order valence-electron chi connectivity index (χ0n) is 10.3. The molecule has 0 aliphatic carbocycles. The average molecular weight is 224 g/mol. The minimum Gasteiger partial charge on any atom is -0.469 e. The van der Waals surface area contributed by atoms with E-state index in [0.29, 0.717) is 12.8 Å². The Kier molecular flexibility index (Phi) is 7.18. The van der Waals surface area contributed by atoms with Crippen LogP contribution in [0, 0.1) is 5.92 Å². The maximum Gasteiger partial charge on any atom is 0.313 e. The van der Waals surface area contributed by atoms with Crippen molar-refractivity contribution in [2.75, 3.05) is 7.11 Å². The van der Waals surface area contributed by atoms with Gasteiger partial charge in [-0.2, -0.15) is 0 Å². The molecule has 0 amide bonds. The summed E-state index contributed by atoms with van der Waals surface area (Å²) >= 11 is 0. The maximum absolute atomic E-state index is 11.7. The summed E-state index contributed by atoms with van der Waals surface area (Å²) in [5.41, 5.74) is 1.17. The summed E-state index contributed by atoms with van der Waals surface area (Å²) < 4.78 is 4.47. The molecule has 0 aromatic carbocycles. The fourth-order valence-corrected chi connectivity index (χ4v) is 1.30. The van der Waals surface area contributed by atoms with Crippen molar-refractivity contribution in [1.82, 2.24) is 0 Å². The molecule has 16 heavy (non-hydrogen) atoms. The Balaban J connectivity index is 4.40. The standard InChI is InChI=1S/C13H20O3/c1-5-6-11(8-7-10(2)3)12(14)9-13(15)16-4/h5,7,11H,1,6,8-9H2,2-4H3. The molecule has 0 N–H and O–H groups in total. The highest BCUT2D eigenvalue weighted by atomic mass is 16.5. The number of carbonyl (C=O) groups is 2. The van der Waals surface area contributed by atoms with E-state index >= 15 is 0 Å². The van der Waals surface area contributed by atoms with Gasteiger partial charge < -0.3 is 4.74 Å². The van der Waals surface area contributed by atoms with Crippen LogP contribution in [-0.2, 0) is 14.3 Å². The Morgan fingerprint density at radius 1 is 1.31 bits per heavy atom. The first kappa shape index (κ1) is 14.6. The van der Waals surface area contributed by atoms with E-state index in [1.807, 2.05) is 19.9 Å². The van der Waals surface area contributed by atoms with Gasteiger partial charge in [0.05, 0.1) is 7.11 Å². The Morgan fingerprint density at radius 2 is 1.94 bits per heavy atom. The number of rotatable bonds is 7. The number of ether oxygens (including phenoxy) is 1. The number of carbonyl (C=O) groups excluding carboxylic acids is 2. The fourth-order valence-electron chi connectivity index (χ4n) is 1.30. The van der Waals surface area contributed by atoms with E-state index in [0.717, 1.165) is 0 Å². The molecule has 0 heterocycles. The Labute approximate surface area is 97.2 Å². The van der Waals surface area contributed by atoms with Crippen LogP contribution in [0.25, 0.3) is 0 Å². The van der Waals surface area contributed by atoms with Crippen LogP contribution in [0.2, 0.25) is 0 Å². The molecule has 0 radical (unpaired) electrons. The molecule has 1 unspecified atom stereocenters. The first-order valence-corrected chi connectivity index (χ1v) is 5.35. The van der Waals surface area contributed by atoms with E-state index in [9.17, 15) is 9.59 Å². The van der Waals surface area contributed by atoms with Gasteiger partial charge >= 0.3 is 5.97 Å². The highest BCUT2D eigenvalue weighted by molar-refractivity contribution is 5.96. The molecule has 0 bridgehead atoms. The molecule has 3 nitrogen and oxygen atoms in total. The van der Waals surface area contributed by atoms with E-state index < -0.39 is 5.97 Å². The summed E-state index contributed by atoms with van der Waals surface area (Å²) in [4.78, 5) is 22.7. The second kappa shape index (κ2) is 7.85. The van der Waals surface area contributed by atoms with Crippen molar-refractivity contribution in [3.8, 4) is 0 Å². The zero-order chi connectivity index (χ0) is 12.6. The van der Waals surface area contributed by atoms with Crippen LogP contribution in [0.15, 0.2) is 24.3 Å². The topological polar surface area (TPSA) is 43.4 Å². The van der Waals surface area contributed by atoms with Gasteiger partial charge in [0.25, 0.3) is 0 Å². The molecule has 0 rings (SSSR count). The highest BCUT2D eigenvalue weighted by Crippen LogP contribution is 2.15. The lowest BCUT2D eigenvalue weighted by molar-refractivity contribution is -0.144. The van der Waals surface area contributed by atoms with Crippen LogP contribution in [0.3, 0.4) is 0 Å². The van der Waals surface area contributed by atoms with Crippen LogP contribution in [0.1, 0.15) is 33.1 Å². The largest absolute Gasteiger partial charge is 0.469 e. The van der Waals surface area contributed by atoms with Gasteiger partial charge in [0.1, 0.15) is 12.2 Å². The molecule has 0 saturated heterocycles. The summed E-state index contributed by atoms with van der Waals surface area (Å²) in [6.45, 7) is 7.58. The number of Topliss-reactive ketones (excluding diaryl/α,β-unsaturated/α-hetero) is 1. The highest BCUT2D eigenvalue weighted by Gasteiger charge is 2.19. The monoisotopic (exact) mass is 224 g/mol. The number of methoxy groups -OCH3 is 1. The lowest BCUT2D eigenvalue weighted by Crippen LogP contribution is -2.18. The van der Waals surface area contributed by atoms with E-state index in [1.54, 1.807) is 6.08 Å². The van der Waals surface area contributed by atoms with Crippen molar-refractivity contribution >= 4 is 11.8 Å². The molecule has 0 spiro atoms. The second-order valence-electron chi connectivity index (χ2n) is 3.96. The first-order valence-electron chi connectivity index (χ1n) is 5.35. The quantitative estimate of drug-likeness (QED) is 0.379. The average Bonchev–Trinajstić information content (AvgIpc) is 2.23. The third-order valence-corrected chi connectivity index (χ3v) is 2.26. The maximum atomic E-state index is 11.7. The molecule has 90 valence electrons. The van der Waals surface area contributed by atoms with Crippen molar-refractivity contribution in [3.05, 3.63) is 24.3 Å². The molecule has 3 heteroatoms. The molecule has 1 atom stereocenters. The van der Waals surface area contributed by atoms with E-state index in [4.69, 9.17) is 0 Å². The Hall–Kier alpha value is -1.38. The van der Waals surface area contributed by atoms with Gasteiger partial charge in [-0.15, -0.1) is 6.58 Å². The molecule has 0 aromatic rings. The molecule has 0 aliphatic heterocycles. The van der Waals surface area contributed by atoms with Gasteiger partial charge in [0.15, 0.2) is 0 Å². The van der Waals surface area contributed by atoms with Crippen LogP contribution >= 0.6 is 0 Å². The van der Waals surface area contributed by atoms with Gasteiger partial charge in [-0.05, 0) is 26.7 Å². The lowest BCUT2D eigenvalue weighted by atomic mass is 9.93. The molecule has 0 aromatic heterocycles. The van der Waals surface area contributed by atoms with Gasteiger partial charge in [0.2, 0.25) is 0 Å². The van der Waals surface area contributed by atoms with Crippen molar-refractivity contribution in [3.63, 3.8) is 0 Å². The van der Waals surface area contributed by atoms with Crippen LogP contribution < -0.4 is 0 Å². The van der Waals surface area contributed by atoms with Crippen LogP contribution in [0.4, 0.5) is 0 Å². The summed E-state index contributed by atoms with van der Waals surface area (Å²) in [7, 11) is 1.29. The number of hydrogen-bond donors (Lipinski definition) is 0. The summed E-state index contributed by atoms with van der Waals surface area (Å²) in [6.07, 6.45) is 4.82. The molecule has 0 saturated carbocycles. The van der Waals surface area contributed by atoms with Crippen LogP contribution in [-0.4, -0.2) is 18.9 Å². The van der Waals surface area contributed by atoms with Crippen molar-refractivity contribution in [2.45, 2.75) is 33.1 Å². The van der Waals surface area contributed by atoms with E-state index in [-0.39, 0.29) is 18.1 Å². The molecule has 0 aliphatic rings. The zero-order valence-corrected chi connectivity index (χ0v) is 10.3. The van der Waals surface area contributed by atoms with Gasteiger partial charge in [-0.1, -0.05) is 17.7 Å². The smallest absolute Gasteiger partial charge is 0.313 e. The Bertz CT molecular complexity index is 286. The summed E-state index contributed by atoms with van der Waals surface area (Å²) in [5, 5.41) is 0. The summed E-state index contributed by atoms with van der Waals surface area (Å²) in [6, 6.07) is 0. The van der Waals surface area contributed by atoms with Crippen molar-refractivity contribution in [2.24, 2.45) is 5.92 Å². The lowest BCUT2D eigenvalue weighted by Gasteiger charge is -2.11. The SMILES string of the molecule is C=CCC(CC=C(C)C)C(=O)CC(=O)OC. The van der Waals surface area contributed by atoms with Crippen LogP contribution in [0.5, 0.6) is 0 Å². The van der Waals surface area contributed by atoms with Gasteiger partial charge in [-0.25, -0.2) is 0 Å². The molecular formula is C13H20O3. The third kappa shape index (κ3) is 6.17. The van der Waals surface area contributed by atoms with E-state index in [2.05, 4.69) is 11.3 Å². The first-order chi connectivity index (χ1) is 7.51. The predicted molar refractivity (Wildman–Crippen MR) is 64.0 cm³/mol. The van der Waals surface area contributed by atoms with E-state index in [1.165, 1.54) is 12.7 Å². The molecular weight excluding hydrogens is 204 g/mol. The predicted octanol–water partition coefficient (Wildman–Crippen LogP) is 2.67. The molecule has 0 fully saturated rings. The minimum atomic E-state index is -0.476. The van der Waals surface area contributed by atoms with Crippen molar-refractivity contribution < 1.29 is 14.3 Å². The van der Waals surface area contributed by atoms with Gasteiger partial charge in [0, 0.05) is 5.92 Å². The number of ketones is 1. The van der Waals surface area contributed by atoms with Gasteiger partial charge in [-0.3, -0.25) is 9.59 Å². The Morgan fingerprint density at radius 3 is 2.38 bits per heavy atom. The minimum absolute atomic E-state index is 0.0794. The number of allylic oxidation sites excluding steroid dienone is 3. The summed E-state index contributed by atoms with van der Waals surface area (Å²) in [5.74, 6) is -0.716. The number of hydrogen-bond acceptors (Lipinski definition) is 3. The fraction of sp³-hybridized carbons (Fsp3) is 0.538. The second-order valence-corrected chi connectivity index (χ2v) is 3.96.